The number of benzene rings is 1. The van der Waals surface area contributed by atoms with Crippen molar-refractivity contribution in [2.24, 2.45) is 0 Å². The highest BCUT2D eigenvalue weighted by molar-refractivity contribution is 9.10. The van der Waals surface area contributed by atoms with Gasteiger partial charge in [-0.05, 0) is 42.8 Å². The molecule has 0 amide bonds. The molecule has 1 heterocycles. The maximum absolute atomic E-state index is 13.3. The molecule has 0 spiro atoms. The monoisotopic (exact) mass is 361 g/mol. The van der Waals surface area contributed by atoms with E-state index in [9.17, 15) is 13.2 Å². The van der Waals surface area contributed by atoms with Crippen molar-refractivity contribution < 1.29 is 17.6 Å². The SMILES string of the molecule is CCCNC(c1ccco1)c1ccc(Br)cc1C(F)(F)F. The molecular weight excluding hydrogens is 347 g/mol. The van der Waals surface area contributed by atoms with E-state index in [0.29, 0.717) is 16.8 Å². The summed E-state index contributed by atoms with van der Waals surface area (Å²) in [6.07, 6.45) is -2.14. The van der Waals surface area contributed by atoms with Crippen molar-refractivity contribution in [2.75, 3.05) is 6.54 Å². The molecule has 1 aromatic heterocycles. The van der Waals surface area contributed by atoms with Crippen LogP contribution in [0.1, 0.15) is 36.3 Å². The molecule has 0 fully saturated rings. The Hall–Kier alpha value is -1.27. The van der Waals surface area contributed by atoms with E-state index < -0.39 is 17.8 Å². The number of rotatable bonds is 5. The molecule has 0 saturated heterocycles. The highest BCUT2D eigenvalue weighted by atomic mass is 79.9. The number of hydrogen-bond acceptors (Lipinski definition) is 2. The van der Waals surface area contributed by atoms with Gasteiger partial charge in [0.1, 0.15) is 5.76 Å². The van der Waals surface area contributed by atoms with Gasteiger partial charge in [-0.1, -0.05) is 28.9 Å². The molecule has 6 heteroatoms. The Balaban J connectivity index is 2.49. The Morgan fingerprint density at radius 3 is 2.62 bits per heavy atom. The van der Waals surface area contributed by atoms with Crippen molar-refractivity contribution in [1.29, 1.82) is 0 Å². The fourth-order valence-corrected chi connectivity index (χ4v) is 2.49. The number of halogens is 4. The van der Waals surface area contributed by atoms with Crippen LogP contribution in [-0.4, -0.2) is 6.54 Å². The quantitative estimate of drug-likeness (QED) is 0.796. The van der Waals surface area contributed by atoms with Crippen LogP contribution in [0.15, 0.2) is 45.5 Å². The van der Waals surface area contributed by atoms with Gasteiger partial charge in [0.05, 0.1) is 17.9 Å². The minimum Gasteiger partial charge on any atom is -0.467 e. The van der Waals surface area contributed by atoms with Crippen molar-refractivity contribution in [2.45, 2.75) is 25.6 Å². The van der Waals surface area contributed by atoms with E-state index >= 15 is 0 Å². The van der Waals surface area contributed by atoms with E-state index in [4.69, 9.17) is 4.42 Å². The van der Waals surface area contributed by atoms with Gasteiger partial charge in [0, 0.05) is 4.47 Å². The molecule has 0 aliphatic heterocycles. The number of alkyl halides is 3. The summed E-state index contributed by atoms with van der Waals surface area (Å²) < 4.78 is 45.5. The van der Waals surface area contributed by atoms with Crippen LogP contribution in [0.4, 0.5) is 13.2 Å². The van der Waals surface area contributed by atoms with Crippen molar-refractivity contribution >= 4 is 15.9 Å². The molecule has 1 unspecified atom stereocenters. The molecule has 0 aliphatic carbocycles. The molecular formula is C15H15BrF3NO. The van der Waals surface area contributed by atoms with Gasteiger partial charge in [0.15, 0.2) is 0 Å². The van der Waals surface area contributed by atoms with Crippen molar-refractivity contribution in [1.82, 2.24) is 5.32 Å². The van der Waals surface area contributed by atoms with Crippen molar-refractivity contribution in [3.05, 3.63) is 58.0 Å². The van der Waals surface area contributed by atoms with Crippen LogP contribution in [-0.2, 0) is 6.18 Å². The van der Waals surface area contributed by atoms with Gasteiger partial charge in [0.25, 0.3) is 0 Å². The lowest BCUT2D eigenvalue weighted by Gasteiger charge is -2.21. The van der Waals surface area contributed by atoms with E-state index in [1.807, 2.05) is 6.92 Å². The lowest BCUT2D eigenvalue weighted by Crippen LogP contribution is -2.25. The predicted molar refractivity (Wildman–Crippen MR) is 78.0 cm³/mol. The van der Waals surface area contributed by atoms with E-state index in [2.05, 4.69) is 21.2 Å². The zero-order chi connectivity index (χ0) is 15.5. The molecule has 2 nitrogen and oxygen atoms in total. The van der Waals surface area contributed by atoms with Crippen LogP contribution < -0.4 is 5.32 Å². The number of nitrogens with one attached hydrogen (secondary N) is 1. The Kier molecular flexibility index (Phi) is 5.11. The lowest BCUT2D eigenvalue weighted by molar-refractivity contribution is -0.138. The molecule has 0 radical (unpaired) electrons. The second-order valence-corrected chi connectivity index (χ2v) is 5.55. The highest BCUT2D eigenvalue weighted by Crippen LogP contribution is 2.38. The summed E-state index contributed by atoms with van der Waals surface area (Å²) >= 11 is 3.10. The standard InChI is InChI=1S/C15H15BrF3NO/c1-2-7-20-14(13-4-3-8-21-13)11-6-5-10(16)9-12(11)15(17,18)19/h3-6,8-9,14,20H,2,7H2,1H3. The maximum atomic E-state index is 13.3. The minimum absolute atomic E-state index is 0.161. The van der Waals surface area contributed by atoms with Gasteiger partial charge in [0.2, 0.25) is 0 Å². The molecule has 21 heavy (non-hydrogen) atoms. The van der Waals surface area contributed by atoms with E-state index in [1.165, 1.54) is 12.3 Å². The first kappa shape index (κ1) is 16.1. The number of furan rings is 1. The van der Waals surface area contributed by atoms with E-state index in [1.54, 1.807) is 18.2 Å². The van der Waals surface area contributed by atoms with Crippen LogP contribution in [0.25, 0.3) is 0 Å². The van der Waals surface area contributed by atoms with Gasteiger partial charge >= 0.3 is 6.18 Å². The van der Waals surface area contributed by atoms with Crippen LogP contribution in [0.3, 0.4) is 0 Å². The summed E-state index contributed by atoms with van der Waals surface area (Å²) in [5.74, 6) is 0.469. The molecule has 1 N–H and O–H groups in total. The van der Waals surface area contributed by atoms with Crippen LogP contribution in [0.5, 0.6) is 0 Å². The van der Waals surface area contributed by atoms with Crippen molar-refractivity contribution in [3.63, 3.8) is 0 Å². The first-order valence-corrected chi connectivity index (χ1v) is 7.36. The van der Waals surface area contributed by atoms with Gasteiger partial charge < -0.3 is 9.73 Å². The zero-order valence-corrected chi connectivity index (χ0v) is 13.0. The second kappa shape index (κ2) is 6.66. The molecule has 1 aromatic carbocycles. The molecule has 1 atom stereocenters. The average molecular weight is 362 g/mol. The van der Waals surface area contributed by atoms with Crippen LogP contribution >= 0.6 is 15.9 Å². The Labute approximate surface area is 129 Å². The summed E-state index contributed by atoms with van der Waals surface area (Å²) in [6, 6.07) is 6.90. The normalized spacial score (nSPS) is 13.4. The van der Waals surface area contributed by atoms with Gasteiger partial charge in [-0.25, -0.2) is 0 Å². The Morgan fingerprint density at radius 2 is 2.05 bits per heavy atom. The summed E-state index contributed by atoms with van der Waals surface area (Å²) in [6.45, 7) is 2.55. The second-order valence-electron chi connectivity index (χ2n) is 4.63. The Morgan fingerprint density at radius 1 is 1.29 bits per heavy atom. The summed E-state index contributed by atoms with van der Waals surface area (Å²) in [5, 5.41) is 3.11. The molecule has 114 valence electrons. The fourth-order valence-electron chi connectivity index (χ4n) is 2.13. The van der Waals surface area contributed by atoms with E-state index in [-0.39, 0.29) is 5.56 Å². The van der Waals surface area contributed by atoms with Gasteiger partial charge in [-0.2, -0.15) is 13.2 Å². The van der Waals surface area contributed by atoms with Gasteiger partial charge in [-0.15, -0.1) is 0 Å². The minimum atomic E-state index is -4.42. The first-order chi connectivity index (χ1) is 9.93. The van der Waals surface area contributed by atoms with Crippen LogP contribution in [0.2, 0.25) is 0 Å². The summed E-state index contributed by atoms with van der Waals surface area (Å²) in [5.41, 5.74) is -0.504. The highest BCUT2D eigenvalue weighted by Gasteiger charge is 2.36. The molecule has 0 saturated carbocycles. The number of hydrogen-bond donors (Lipinski definition) is 1. The Bertz CT molecular complexity index is 581. The van der Waals surface area contributed by atoms with E-state index in [0.717, 1.165) is 12.5 Å². The third-order valence-corrected chi connectivity index (χ3v) is 3.55. The largest absolute Gasteiger partial charge is 0.467 e. The molecule has 0 aliphatic rings. The topological polar surface area (TPSA) is 25.2 Å². The third kappa shape index (κ3) is 3.89. The zero-order valence-electron chi connectivity index (χ0n) is 11.4. The van der Waals surface area contributed by atoms with Crippen LogP contribution in [0, 0.1) is 0 Å². The third-order valence-electron chi connectivity index (χ3n) is 3.06. The summed E-state index contributed by atoms with van der Waals surface area (Å²) in [4.78, 5) is 0. The molecule has 0 bridgehead atoms. The molecule has 2 rings (SSSR count). The van der Waals surface area contributed by atoms with Crippen molar-refractivity contribution in [3.8, 4) is 0 Å². The predicted octanol–water partition coefficient (Wildman–Crippen LogP) is 5.15. The first-order valence-electron chi connectivity index (χ1n) is 6.57. The lowest BCUT2D eigenvalue weighted by atomic mass is 9.98. The fraction of sp³-hybridized carbons (Fsp3) is 0.333. The molecule has 2 aromatic rings. The smallest absolute Gasteiger partial charge is 0.416 e. The average Bonchev–Trinajstić information content (AvgIpc) is 2.93. The summed E-state index contributed by atoms with van der Waals surface area (Å²) in [7, 11) is 0. The van der Waals surface area contributed by atoms with Gasteiger partial charge in [-0.3, -0.25) is 0 Å². The maximum Gasteiger partial charge on any atom is 0.416 e.